The van der Waals surface area contributed by atoms with Gasteiger partial charge in [0.05, 0.1) is 29.2 Å². The highest BCUT2D eigenvalue weighted by Crippen LogP contribution is 2.44. The highest BCUT2D eigenvalue weighted by molar-refractivity contribution is 7.15. The molecule has 0 unspecified atom stereocenters. The molecule has 2 aliphatic heterocycles. The van der Waals surface area contributed by atoms with Gasteiger partial charge >= 0.3 is 0 Å². The minimum atomic E-state index is -0.239. The maximum absolute atomic E-state index is 13.1. The first kappa shape index (κ1) is 15.6. The van der Waals surface area contributed by atoms with Gasteiger partial charge in [-0.15, -0.1) is 11.3 Å². The van der Waals surface area contributed by atoms with Crippen LogP contribution in [0.15, 0.2) is 29.6 Å². The number of amides is 2. The number of hydrogen-bond donors (Lipinski definition) is 1. The molecule has 3 heterocycles. The molecular formula is C17H16ClN3O2S. The van der Waals surface area contributed by atoms with Gasteiger partial charge in [-0.3, -0.25) is 19.4 Å². The second-order valence-corrected chi connectivity index (χ2v) is 7.44. The quantitative estimate of drug-likeness (QED) is 0.886. The Kier molecular flexibility index (Phi) is 4.04. The van der Waals surface area contributed by atoms with Crippen LogP contribution in [0.1, 0.15) is 23.2 Å². The molecule has 1 N–H and O–H groups in total. The van der Waals surface area contributed by atoms with Crippen molar-refractivity contribution in [2.45, 2.75) is 12.8 Å². The Morgan fingerprint density at radius 2 is 2.00 bits per heavy atom. The van der Waals surface area contributed by atoms with Crippen LogP contribution < -0.4 is 10.2 Å². The maximum Gasteiger partial charge on any atom is 0.258 e. The first-order chi connectivity index (χ1) is 11.6. The summed E-state index contributed by atoms with van der Waals surface area (Å²) in [5.41, 5.74) is 2.22. The van der Waals surface area contributed by atoms with Gasteiger partial charge in [0.25, 0.3) is 5.91 Å². The zero-order chi connectivity index (χ0) is 16.7. The second-order valence-electron chi connectivity index (χ2n) is 5.96. The Morgan fingerprint density at radius 3 is 2.79 bits per heavy atom. The molecule has 0 saturated carbocycles. The van der Waals surface area contributed by atoms with Crippen LogP contribution in [0.2, 0.25) is 4.34 Å². The Labute approximate surface area is 148 Å². The van der Waals surface area contributed by atoms with Crippen LogP contribution in [0.4, 0.5) is 17.1 Å². The molecule has 2 aromatic rings. The molecule has 1 aromatic carbocycles. The van der Waals surface area contributed by atoms with Crippen molar-refractivity contribution >= 4 is 51.8 Å². The SMILES string of the molecule is O=C1Nc2ccccc2N(C(=O)CN2CCCC2)c2c1csc2Cl. The standard InChI is InChI=1S/C17H16ClN3O2S/c18-16-15-11(10-24-16)17(23)19-12-5-1-2-6-13(12)21(15)14(22)9-20-7-3-4-8-20/h1-2,5-6,10H,3-4,7-9H2,(H,19,23). The Bertz CT molecular complexity index is 814. The van der Waals surface area contributed by atoms with E-state index in [1.807, 2.05) is 18.2 Å². The van der Waals surface area contributed by atoms with Crippen LogP contribution in [0.3, 0.4) is 0 Å². The topological polar surface area (TPSA) is 52.7 Å². The monoisotopic (exact) mass is 361 g/mol. The van der Waals surface area contributed by atoms with Crippen molar-refractivity contribution in [3.63, 3.8) is 0 Å². The van der Waals surface area contributed by atoms with E-state index in [4.69, 9.17) is 11.6 Å². The van der Waals surface area contributed by atoms with E-state index >= 15 is 0 Å². The van der Waals surface area contributed by atoms with E-state index < -0.39 is 0 Å². The smallest absolute Gasteiger partial charge is 0.258 e. The summed E-state index contributed by atoms with van der Waals surface area (Å²) >= 11 is 7.62. The molecule has 2 amide bonds. The molecule has 0 spiro atoms. The second kappa shape index (κ2) is 6.20. The predicted molar refractivity (Wildman–Crippen MR) is 96.5 cm³/mol. The lowest BCUT2D eigenvalue weighted by Crippen LogP contribution is -2.37. The number of carbonyl (C=O) groups excluding carboxylic acids is 2. The van der Waals surface area contributed by atoms with E-state index in [-0.39, 0.29) is 11.8 Å². The van der Waals surface area contributed by atoms with Crippen LogP contribution in [-0.2, 0) is 4.79 Å². The fraction of sp³-hybridized carbons (Fsp3) is 0.294. The van der Waals surface area contributed by atoms with Gasteiger partial charge in [0.1, 0.15) is 4.34 Å². The van der Waals surface area contributed by atoms with Gasteiger partial charge in [-0.2, -0.15) is 0 Å². The lowest BCUT2D eigenvalue weighted by atomic mass is 10.2. The van der Waals surface area contributed by atoms with Crippen molar-refractivity contribution in [3.05, 3.63) is 39.5 Å². The van der Waals surface area contributed by atoms with Gasteiger partial charge in [-0.05, 0) is 38.1 Å². The van der Waals surface area contributed by atoms with Crippen molar-refractivity contribution in [2.24, 2.45) is 0 Å². The molecule has 0 radical (unpaired) electrons. The summed E-state index contributed by atoms with van der Waals surface area (Å²) < 4.78 is 0.451. The van der Waals surface area contributed by atoms with Gasteiger partial charge in [0.2, 0.25) is 5.91 Å². The van der Waals surface area contributed by atoms with Crippen molar-refractivity contribution in [3.8, 4) is 0 Å². The third kappa shape index (κ3) is 2.60. The molecule has 4 rings (SSSR count). The number of carbonyl (C=O) groups is 2. The average Bonchev–Trinajstić information content (AvgIpc) is 3.17. The zero-order valence-electron chi connectivity index (χ0n) is 12.9. The van der Waals surface area contributed by atoms with Gasteiger partial charge in [0, 0.05) is 5.38 Å². The summed E-state index contributed by atoms with van der Waals surface area (Å²) in [7, 11) is 0. The maximum atomic E-state index is 13.1. The number of benzene rings is 1. The van der Waals surface area contributed by atoms with E-state index in [1.54, 1.807) is 16.3 Å². The number of halogens is 1. The summed E-state index contributed by atoms with van der Waals surface area (Å²) in [6.45, 7) is 2.19. The Morgan fingerprint density at radius 1 is 1.25 bits per heavy atom. The number of thiophene rings is 1. The molecule has 0 atom stereocenters. The summed E-state index contributed by atoms with van der Waals surface area (Å²) in [5.74, 6) is -0.306. The third-order valence-corrected chi connectivity index (χ3v) is 5.59. The molecular weight excluding hydrogens is 346 g/mol. The number of hydrogen-bond acceptors (Lipinski definition) is 4. The molecule has 1 fully saturated rings. The first-order valence-corrected chi connectivity index (χ1v) is 9.13. The molecule has 124 valence electrons. The predicted octanol–water partition coefficient (Wildman–Crippen LogP) is 3.73. The van der Waals surface area contributed by atoms with Crippen LogP contribution >= 0.6 is 22.9 Å². The number of anilines is 3. The van der Waals surface area contributed by atoms with E-state index in [2.05, 4.69) is 10.2 Å². The van der Waals surface area contributed by atoms with Crippen molar-refractivity contribution in [1.29, 1.82) is 0 Å². The highest BCUT2D eigenvalue weighted by Gasteiger charge is 2.33. The van der Waals surface area contributed by atoms with Crippen molar-refractivity contribution < 1.29 is 9.59 Å². The minimum Gasteiger partial charge on any atom is -0.320 e. The molecule has 2 aliphatic rings. The number of nitrogens with one attached hydrogen (secondary N) is 1. The summed E-state index contributed by atoms with van der Waals surface area (Å²) in [5, 5.41) is 4.58. The van der Waals surface area contributed by atoms with Gasteiger partial charge in [0.15, 0.2) is 0 Å². The first-order valence-electron chi connectivity index (χ1n) is 7.88. The fourth-order valence-electron chi connectivity index (χ4n) is 3.24. The molecule has 0 aliphatic carbocycles. The molecule has 1 saturated heterocycles. The molecule has 0 bridgehead atoms. The lowest BCUT2D eigenvalue weighted by Gasteiger charge is -2.25. The van der Waals surface area contributed by atoms with E-state index in [1.165, 1.54) is 11.3 Å². The number of fused-ring (bicyclic) bond motifs is 2. The van der Waals surface area contributed by atoms with E-state index in [0.717, 1.165) is 25.9 Å². The molecule has 7 heteroatoms. The van der Waals surface area contributed by atoms with Crippen molar-refractivity contribution in [2.75, 3.05) is 29.9 Å². The molecule has 24 heavy (non-hydrogen) atoms. The number of para-hydroxylation sites is 2. The Hall–Kier alpha value is -1.89. The van der Waals surface area contributed by atoms with Gasteiger partial charge < -0.3 is 5.32 Å². The minimum absolute atomic E-state index is 0.0672. The Balaban J connectivity index is 1.81. The normalized spacial score (nSPS) is 17.2. The zero-order valence-corrected chi connectivity index (χ0v) is 14.5. The average molecular weight is 362 g/mol. The molecule has 1 aromatic heterocycles. The summed E-state index contributed by atoms with van der Waals surface area (Å²) in [4.78, 5) is 29.3. The lowest BCUT2D eigenvalue weighted by molar-refractivity contribution is -0.118. The number of nitrogens with zero attached hydrogens (tertiary/aromatic N) is 2. The van der Waals surface area contributed by atoms with Crippen molar-refractivity contribution in [1.82, 2.24) is 4.90 Å². The van der Waals surface area contributed by atoms with E-state index in [0.29, 0.717) is 33.5 Å². The highest BCUT2D eigenvalue weighted by atomic mass is 35.5. The van der Waals surface area contributed by atoms with Crippen LogP contribution in [0.25, 0.3) is 0 Å². The molecule has 5 nitrogen and oxygen atoms in total. The van der Waals surface area contributed by atoms with E-state index in [9.17, 15) is 9.59 Å². The van der Waals surface area contributed by atoms with Crippen LogP contribution in [-0.4, -0.2) is 36.3 Å². The third-order valence-electron chi connectivity index (χ3n) is 4.39. The number of likely N-dealkylation sites (tertiary alicyclic amines) is 1. The van der Waals surface area contributed by atoms with Crippen LogP contribution in [0.5, 0.6) is 0 Å². The van der Waals surface area contributed by atoms with Crippen LogP contribution in [0, 0.1) is 0 Å². The van der Waals surface area contributed by atoms with Gasteiger partial charge in [-0.25, -0.2) is 0 Å². The summed E-state index contributed by atoms with van der Waals surface area (Å²) in [6, 6.07) is 7.32. The number of rotatable bonds is 2. The van der Waals surface area contributed by atoms with Gasteiger partial charge in [-0.1, -0.05) is 23.7 Å². The largest absolute Gasteiger partial charge is 0.320 e. The summed E-state index contributed by atoms with van der Waals surface area (Å²) in [6.07, 6.45) is 2.24. The fourth-order valence-corrected chi connectivity index (χ4v) is 4.32.